The molecule has 4 heterocycles. The lowest BCUT2D eigenvalue weighted by molar-refractivity contribution is 0.556. The summed E-state index contributed by atoms with van der Waals surface area (Å²) in [6.07, 6.45) is 9.61. The molecule has 0 fully saturated rings. The van der Waals surface area contributed by atoms with Gasteiger partial charge >= 0.3 is 0 Å². The van der Waals surface area contributed by atoms with Crippen molar-refractivity contribution < 1.29 is 0 Å². The van der Waals surface area contributed by atoms with Crippen LogP contribution in [0, 0.1) is 0 Å². The van der Waals surface area contributed by atoms with E-state index in [0.717, 1.165) is 49.3 Å². The van der Waals surface area contributed by atoms with Gasteiger partial charge in [-0.25, -0.2) is 15.0 Å². The van der Waals surface area contributed by atoms with Crippen LogP contribution in [0.3, 0.4) is 0 Å². The lowest BCUT2D eigenvalue weighted by Gasteiger charge is -2.29. The van der Waals surface area contributed by atoms with Gasteiger partial charge in [-0.3, -0.25) is 0 Å². The van der Waals surface area contributed by atoms with Gasteiger partial charge in [0.1, 0.15) is 11.6 Å². The molecule has 7 heteroatoms. The van der Waals surface area contributed by atoms with E-state index in [1.165, 1.54) is 0 Å². The van der Waals surface area contributed by atoms with Crippen molar-refractivity contribution in [3.05, 3.63) is 36.8 Å². The Morgan fingerprint density at radius 3 is 3.00 bits per heavy atom. The van der Waals surface area contributed by atoms with Crippen LogP contribution in [0.25, 0.3) is 5.65 Å². The third-order valence-electron chi connectivity index (χ3n) is 3.76. The van der Waals surface area contributed by atoms with Crippen LogP contribution >= 0.6 is 0 Å². The molecule has 0 saturated heterocycles. The van der Waals surface area contributed by atoms with Crippen molar-refractivity contribution in [2.24, 2.45) is 0 Å². The van der Waals surface area contributed by atoms with Crippen LogP contribution in [0.2, 0.25) is 0 Å². The molecule has 7 nitrogen and oxygen atoms in total. The van der Waals surface area contributed by atoms with Gasteiger partial charge in [-0.1, -0.05) is 0 Å². The second kappa shape index (κ2) is 4.76. The van der Waals surface area contributed by atoms with Crippen molar-refractivity contribution in [2.45, 2.75) is 20.0 Å². The summed E-state index contributed by atoms with van der Waals surface area (Å²) in [7, 11) is 0. The maximum absolute atomic E-state index is 4.74. The summed E-state index contributed by atoms with van der Waals surface area (Å²) >= 11 is 0. The Bertz CT molecular complexity index is 773. The van der Waals surface area contributed by atoms with E-state index in [4.69, 9.17) is 4.98 Å². The summed E-state index contributed by atoms with van der Waals surface area (Å²) in [5, 5.41) is 3.28. The fourth-order valence-electron chi connectivity index (χ4n) is 2.75. The Labute approximate surface area is 122 Å². The second-order valence-electron chi connectivity index (χ2n) is 5.10. The lowest BCUT2D eigenvalue weighted by atomic mass is 10.3. The van der Waals surface area contributed by atoms with Gasteiger partial charge in [0.05, 0.1) is 12.7 Å². The predicted molar refractivity (Wildman–Crippen MR) is 80.4 cm³/mol. The molecule has 1 aliphatic heterocycles. The molecule has 0 unspecified atom stereocenters. The van der Waals surface area contributed by atoms with Crippen molar-refractivity contribution in [3.8, 4) is 0 Å². The van der Waals surface area contributed by atoms with E-state index >= 15 is 0 Å². The first kappa shape index (κ1) is 12.2. The molecule has 0 saturated carbocycles. The summed E-state index contributed by atoms with van der Waals surface area (Å²) in [5.41, 5.74) is 0.886. The summed E-state index contributed by atoms with van der Waals surface area (Å²) in [6.45, 7) is 5.51. The monoisotopic (exact) mass is 283 g/mol. The molecule has 108 valence electrons. The van der Waals surface area contributed by atoms with Gasteiger partial charge in [-0.15, -0.1) is 0 Å². The van der Waals surface area contributed by atoms with Crippen LogP contribution in [0.4, 0.5) is 11.6 Å². The molecule has 0 atom stereocenters. The number of hydrogen-bond donors (Lipinski definition) is 1. The normalized spacial score (nSPS) is 14.4. The van der Waals surface area contributed by atoms with Gasteiger partial charge in [-0.2, -0.15) is 0 Å². The highest BCUT2D eigenvalue weighted by Crippen LogP contribution is 2.24. The van der Waals surface area contributed by atoms with Crippen molar-refractivity contribution in [1.29, 1.82) is 0 Å². The molecule has 4 rings (SSSR count). The Kier molecular flexibility index (Phi) is 2.77. The highest BCUT2D eigenvalue weighted by molar-refractivity contribution is 5.67. The number of rotatable bonds is 3. The first-order valence-electron chi connectivity index (χ1n) is 7.17. The van der Waals surface area contributed by atoms with Crippen molar-refractivity contribution >= 4 is 17.3 Å². The molecular formula is C14H17N7. The summed E-state index contributed by atoms with van der Waals surface area (Å²) in [5.74, 6) is 2.85. The molecule has 0 radical (unpaired) electrons. The van der Waals surface area contributed by atoms with Crippen molar-refractivity contribution in [1.82, 2.24) is 23.9 Å². The second-order valence-corrected chi connectivity index (χ2v) is 5.10. The van der Waals surface area contributed by atoms with Gasteiger partial charge in [0.2, 0.25) is 0 Å². The van der Waals surface area contributed by atoms with E-state index in [0.29, 0.717) is 0 Å². The van der Waals surface area contributed by atoms with E-state index in [2.05, 4.69) is 31.7 Å². The first-order valence-corrected chi connectivity index (χ1v) is 7.17. The molecule has 1 aliphatic rings. The van der Waals surface area contributed by atoms with Gasteiger partial charge in [0.15, 0.2) is 11.5 Å². The third kappa shape index (κ3) is 2.01. The molecule has 0 amide bonds. The molecule has 1 N–H and O–H groups in total. The lowest BCUT2D eigenvalue weighted by Crippen LogP contribution is -2.34. The smallest absolute Gasteiger partial charge is 0.180 e. The Balaban J connectivity index is 1.77. The molecule has 0 aliphatic carbocycles. The molecule has 0 spiro atoms. The van der Waals surface area contributed by atoms with Crippen LogP contribution in [0.15, 0.2) is 31.0 Å². The van der Waals surface area contributed by atoms with Crippen LogP contribution in [0.1, 0.15) is 12.7 Å². The SMILES string of the molecule is CCNc1cn2ccnc2c(N2CCn3ccnc3C2)n1. The van der Waals surface area contributed by atoms with Gasteiger partial charge < -0.3 is 19.2 Å². The summed E-state index contributed by atoms with van der Waals surface area (Å²) in [6, 6.07) is 0. The molecule has 0 aromatic carbocycles. The number of imidazole rings is 2. The zero-order valence-electron chi connectivity index (χ0n) is 11.9. The number of nitrogens with one attached hydrogen (secondary N) is 1. The maximum atomic E-state index is 4.74. The van der Waals surface area contributed by atoms with E-state index in [1.54, 1.807) is 6.20 Å². The van der Waals surface area contributed by atoms with E-state index in [1.807, 2.05) is 29.2 Å². The quantitative estimate of drug-likeness (QED) is 0.786. The third-order valence-corrected chi connectivity index (χ3v) is 3.76. The minimum Gasteiger partial charge on any atom is -0.369 e. The number of fused-ring (bicyclic) bond motifs is 2. The summed E-state index contributed by atoms with van der Waals surface area (Å²) in [4.78, 5) is 15.8. The van der Waals surface area contributed by atoms with Gasteiger partial charge in [-0.05, 0) is 6.92 Å². The molecule has 3 aromatic heterocycles. The van der Waals surface area contributed by atoms with Crippen LogP contribution in [-0.2, 0) is 13.1 Å². The average Bonchev–Trinajstić information content (AvgIpc) is 3.14. The highest BCUT2D eigenvalue weighted by atomic mass is 15.3. The van der Waals surface area contributed by atoms with Crippen molar-refractivity contribution in [3.63, 3.8) is 0 Å². The largest absolute Gasteiger partial charge is 0.369 e. The van der Waals surface area contributed by atoms with Crippen LogP contribution in [0.5, 0.6) is 0 Å². The molecule has 0 bridgehead atoms. The number of hydrogen-bond acceptors (Lipinski definition) is 5. The molecule has 21 heavy (non-hydrogen) atoms. The predicted octanol–water partition coefficient (Wildman–Crippen LogP) is 1.38. The fourth-order valence-corrected chi connectivity index (χ4v) is 2.75. The maximum Gasteiger partial charge on any atom is 0.180 e. The topological polar surface area (TPSA) is 63.3 Å². The summed E-state index contributed by atoms with van der Waals surface area (Å²) < 4.78 is 4.20. The number of anilines is 2. The van der Waals surface area contributed by atoms with Crippen LogP contribution in [-0.4, -0.2) is 37.0 Å². The minimum absolute atomic E-state index is 0.762. The van der Waals surface area contributed by atoms with E-state index in [9.17, 15) is 0 Å². The molecular weight excluding hydrogens is 266 g/mol. The Morgan fingerprint density at radius 2 is 2.10 bits per heavy atom. The first-order chi connectivity index (χ1) is 10.3. The van der Waals surface area contributed by atoms with E-state index in [-0.39, 0.29) is 0 Å². The average molecular weight is 283 g/mol. The number of nitrogens with zero attached hydrogens (tertiary/aromatic N) is 6. The van der Waals surface area contributed by atoms with E-state index < -0.39 is 0 Å². The molecule has 3 aromatic rings. The zero-order chi connectivity index (χ0) is 14.2. The fraction of sp³-hybridized carbons (Fsp3) is 0.357. The minimum atomic E-state index is 0.762. The standard InChI is InChI=1S/C14H17N7/c1-2-15-11-9-20-6-4-17-13(20)14(18-11)21-8-7-19-5-3-16-12(19)10-21/h3-6,9,15H,2,7-8,10H2,1H3. The number of aromatic nitrogens is 5. The van der Waals surface area contributed by atoms with Gasteiger partial charge in [0.25, 0.3) is 0 Å². The van der Waals surface area contributed by atoms with Gasteiger partial charge in [0, 0.05) is 44.4 Å². The highest BCUT2D eigenvalue weighted by Gasteiger charge is 2.21. The Hall–Kier alpha value is -2.57. The van der Waals surface area contributed by atoms with Crippen LogP contribution < -0.4 is 10.2 Å². The Morgan fingerprint density at radius 1 is 1.19 bits per heavy atom. The van der Waals surface area contributed by atoms with Crippen molar-refractivity contribution in [2.75, 3.05) is 23.3 Å². The zero-order valence-corrected chi connectivity index (χ0v) is 11.9.